The molecule has 6 N–H and O–H groups in total. The molecule has 19 aromatic carbocycles. The Morgan fingerprint density at radius 2 is 0.600 bits per heavy atom. The molecule has 1 aliphatic rings. The number of carbonyl (C=O) groups excluding carboxylic acids is 1. The third kappa shape index (κ3) is 28.1. The first-order valence-corrected chi connectivity index (χ1v) is 50.6. The zero-order valence-electron chi connectivity index (χ0n) is 82.2. The Balaban J connectivity index is 0.000000149. The highest BCUT2D eigenvalue weighted by atomic mass is 79.9. The van der Waals surface area contributed by atoms with Crippen molar-refractivity contribution in [1.82, 2.24) is 25.3 Å². The number of fused-ring (bicyclic) bond motifs is 6. The zero-order valence-corrected chi connectivity index (χ0v) is 86.9. The fourth-order valence-corrected chi connectivity index (χ4v) is 18.4. The summed E-state index contributed by atoms with van der Waals surface area (Å²) in [6, 6.07) is 187. The van der Waals surface area contributed by atoms with Gasteiger partial charge in [0.25, 0.3) is 5.97 Å². The number of rotatable bonds is 18. The lowest BCUT2D eigenvalue weighted by atomic mass is 9.96. The molecule has 0 aliphatic carbocycles. The molecule has 0 bridgehead atoms. The quantitative estimate of drug-likeness (QED) is 0.0625. The third-order valence-corrected chi connectivity index (χ3v) is 26.2. The van der Waals surface area contributed by atoms with Crippen LogP contribution in [0.4, 0.5) is 0 Å². The molecule has 2 atom stereocenters. The predicted octanol–water partition coefficient (Wildman–Crippen LogP) is 32.1. The Labute approximate surface area is 905 Å². The van der Waals surface area contributed by atoms with Gasteiger partial charge in [-0.1, -0.05) is 476 Å². The lowest BCUT2D eigenvalue weighted by Gasteiger charge is -2.13. The second-order valence-corrected chi connectivity index (χ2v) is 37.1. The largest absolute Gasteiger partial charge is 1.00 e. The van der Waals surface area contributed by atoms with Crippen molar-refractivity contribution in [3.8, 4) is 123 Å². The maximum atomic E-state index is 11.8. The Morgan fingerprint density at radius 3 is 0.980 bits per heavy atom. The summed E-state index contributed by atoms with van der Waals surface area (Å²) >= 11 is 6.90. The highest BCUT2D eigenvalue weighted by Crippen LogP contribution is 2.41. The molecular formula is C137H113Br3N6O4. The smallest absolute Gasteiger partial charge is 0.300 e. The van der Waals surface area contributed by atoms with Gasteiger partial charge in [0, 0.05) is 76.6 Å². The van der Waals surface area contributed by atoms with Gasteiger partial charge in [0.05, 0.1) is 57.1 Å². The first-order valence-electron chi connectivity index (χ1n) is 49.0. The maximum Gasteiger partial charge on any atom is 0.300 e. The van der Waals surface area contributed by atoms with Gasteiger partial charge in [0.15, 0.2) is 0 Å². The number of carboxylic acid groups (broad SMARTS) is 1. The minimum absolute atomic E-state index is 0. The summed E-state index contributed by atoms with van der Waals surface area (Å²) in [4.78, 5) is 32.0. The minimum atomic E-state index is -0.833. The summed E-state index contributed by atoms with van der Waals surface area (Å²) in [6.07, 6.45) is 11.3. The Kier molecular flexibility index (Phi) is 38.3. The lowest BCUT2D eigenvalue weighted by molar-refractivity contribution is -0.831. The van der Waals surface area contributed by atoms with E-state index in [1.165, 1.54) is 110 Å². The normalized spacial score (nSPS) is 11.6. The number of benzene rings is 19. The number of para-hydroxylation sites is 3. The van der Waals surface area contributed by atoms with E-state index in [1.807, 2.05) is 194 Å². The molecule has 0 amide bonds. The van der Waals surface area contributed by atoms with E-state index < -0.39 is 12.1 Å². The van der Waals surface area contributed by atoms with Gasteiger partial charge in [0.1, 0.15) is 13.1 Å². The average Bonchev–Trinajstić information content (AvgIpc) is 1.58. The molecular weight excluding hydrogens is 2030 g/mol. The van der Waals surface area contributed by atoms with Crippen LogP contribution in [0.5, 0.6) is 0 Å². The highest BCUT2D eigenvalue weighted by Gasteiger charge is 2.20. The van der Waals surface area contributed by atoms with Gasteiger partial charge in [0.2, 0.25) is 5.78 Å². The number of carboxylic acids is 1. The van der Waals surface area contributed by atoms with Crippen LogP contribution in [-0.2, 0) is 4.79 Å². The van der Waals surface area contributed by atoms with E-state index in [9.17, 15) is 9.90 Å². The number of hydrogen-bond donors (Lipinski definition) is 4. The first-order chi connectivity index (χ1) is 72.3. The molecule has 2 unspecified atom stereocenters. The van der Waals surface area contributed by atoms with Crippen molar-refractivity contribution in [2.45, 2.75) is 20.5 Å². The van der Waals surface area contributed by atoms with Crippen LogP contribution in [0.2, 0.25) is 0 Å². The number of aromatic nitrogens is 4. The number of nitrogens with zero attached hydrogens (tertiary/aromatic N) is 4. The molecule has 10 nitrogen and oxygen atoms in total. The molecule has 736 valence electrons. The Morgan fingerprint density at radius 1 is 0.313 bits per heavy atom. The van der Waals surface area contributed by atoms with Crippen molar-refractivity contribution in [1.29, 1.82) is 0 Å². The number of aliphatic hydroxyl groups is 1. The van der Waals surface area contributed by atoms with E-state index in [4.69, 9.17) is 19.9 Å². The molecule has 1 aliphatic heterocycles. The predicted molar refractivity (Wildman–Crippen MR) is 631 cm³/mol. The van der Waals surface area contributed by atoms with Gasteiger partial charge < -0.3 is 42.5 Å². The monoisotopic (exact) mass is 2140 g/mol. The number of nitrogens with one attached hydrogen (secondary N) is 1. The summed E-state index contributed by atoms with van der Waals surface area (Å²) in [5.74, 6) is -0.634. The lowest BCUT2D eigenvalue weighted by Crippen LogP contribution is -3.08. The molecule has 4 aromatic heterocycles. The Hall–Kier alpha value is -17.2. The average molecular weight is 2150 g/mol. The zero-order chi connectivity index (χ0) is 101. The van der Waals surface area contributed by atoms with E-state index in [0.717, 1.165) is 101 Å². The molecule has 150 heavy (non-hydrogen) atoms. The number of carbonyl (C=O) groups is 2. The minimum Gasteiger partial charge on any atom is -1.00 e. The highest BCUT2D eigenvalue weighted by molar-refractivity contribution is 9.10. The van der Waals surface area contributed by atoms with Crippen molar-refractivity contribution in [3.05, 3.63) is 596 Å². The van der Waals surface area contributed by atoms with Crippen LogP contribution in [-0.4, -0.2) is 54.2 Å². The van der Waals surface area contributed by atoms with Crippen molar-refractivity contribution in [2.75, 3.05) is 13.1 Å². The molecule has 0 saturated heterocycles. The number of ketones is 1. The summed E-state index contributed by atoms with van der Waals surface area (Å²) in [6.45, 7) is 2.51. The van der Waals surface area contributed by atoms with E-state index in [1.54, 1.807) is 6.08 Å². The molecule has 0 saturated carbocycles. The molecule has 0 spiro atoms. The summed E-state index contributed by atoms with van der Waals surface area (Å²) < 4.78 is 6.90. The molecule has 24 rings (SSSR count). The van der Waals surface area contributed by atoms with E-state index in [2.05, 4.69) is 417 Å². The van der Waals surface area contributed by atoms with Crippen LogP contribution in [0.3, 0.4) is 0 Å². The summed E-state index contributed by atoms with van der Waals surface area (Å²) in [7, 11) is 0. The second-order valence-electron chi connectivity index (χ2n) is 35.2. The number of Topliss-reactive ketones (excluding diaryl/α,β-unsaturated/α-hetero) is 1. The Bertz CT molecular complexity index is 8150. The second kappa shape index (κ2) is 53.7. The van der Waals surface area contributed by atoms with Crippen LogP contribution in [0.1, 0.15) is 41.9 Å². The molecule has 13 heteroatoms. The third-order valence-electron chi connectivity index (χ3n) is 25.1. The van der Waals surface area contributed by atoms with Gasteiger partial charge in [-0.25, -0.2) is 9.97 Å². The number of aliphatic carboxylic acids is 1. The van der Waals surface area contributed by atoms with E-state index in [0.29, 0.717) is 6.54 Å². The number of pyridine rings is 2. The molecule has 0 fully saturated rings. The van der Waals surface area contributed by atoms with Gasteiger partial charge in [-0.15, -0.1) is 0 Å². The van der Waals surface area contributed by atoms with Crippen molar-refractivity contribution >= 4 is 93.3 Å². The van der Waals surface area contributed by atoms with Gasteiger partial charge in [-0.3, -0.25) is 14.5 Å². The SMILES string of the molecule is Brc1ccc(-c2cc(-c3ccccc3)nc(-c3ccccc3)c2)cc1.C.CC(=O)O.N.O=C(C[NH+]1C=CC=CC1)c1ccccc1.OC(/C=C/c1ccc(Br)cc1)c1ccccc1.[Br-].c1ccc(-c2cc(-c3ccc(-n4c5ccccc5c5cc(-c6ccc7c(c6)c6ccccc6n7-c6ccccc6)ccc54)cc3)cc(-c3ccccc3)n2)cc1.c1ccc(-c2cccc(-c3cccc(-c4ccccc4)c3)c2)cc1.c1ccccc1. The number of aliphatic hydroxyl groups excluding tert-OH is 1. The number of hydrogen-bond acceptors (Lipinski definition) is 6. The van der Waals surface area contributed by atoms with Crippen molar-refractivity contribution in [2.24, 2.45) is 0 Å². The van der Waals surface area contributed by atoms with Crippen LogP contribution < -0.4 is 28.0 Å². The number of allylic oxidation sites excluding steroid dienone is 2. The van der Waals surface area contributed by atoms with E-state index in [-0.39, 0.29) is 36.3 Å². The van der Waals surface area contributed by atoms with Crippen molar-refractivity contribution in [3.63, 3.8) is 0 Å². The standard InChI is InChI=1S/C53H35N3.C24H18.C23H16BrN.C15H13BrO.C13H13NO.C6H6.C2H4O2.CH4.BrH.H3N/c1-4-14-37(15-5-1)48-34-41(35-49(54-48)38-16-6-2-7-17-38)36-24-28-43(29-25-36)56-51-23-13-11-21-45(51)47-33-40(27-31-53(47)56)39-26-30-52-46(32-39)44-20-10-12-22-50(44)55(52)42-18-8-3-9-19-42;1-3-9-19(10-4-1)21-13-7-15-23(17-21)24-16-8-14-22(18-24)20-11-5-2-6-12-20;24-21-13-11-17(12-14-21)20-15-22(18-7-3-1-4-8-18)25-23(16-20)19-9-5-2-6-10-19;16-14-9-6-12(7-10-14)8-11-15(17)13-4-2-1-3-5-13;15-13(12-7-3-1-4-8-12)11-14-9-5-2-6-10-14;1-2-4-6-5-3-1;1-2(3)4;;;/h1-35H;1-18H;1-16H;1-11,15,17H;1-9H,10-11H2;1-6H;1H3,(H,3,4);1H4;1H;1H3/b;;;11-8+;;;;;;. The number of quaternary nitrogens is 1. The van der Waals surface area contributed by atoms with Gasteiger partial charge >= 0.3 is 0 Å². The number of halogens is 3. The molecule has 0 radical (unpaired) electrons. The van der Waals surface area contributed by atoms with E-state index >= 15 is 0 Å². The fourth-order valence-electron chi connectivity index (χ4n) is 17.9. The van der Waals surface area contributed by atoms with Crippen LogP contribution >= 0.6 is 31.9 Å². The first kappa shape index (κ1) is 107. The topological polar surface area (TPSA) is 150 Å². The summed E-state index contributed by atoms with van der Waals surface area (Å²) in [5.41, 5.74) is 32.8. The summed E-state index contributed by atoms with van der Waals surface area (Å²) in [5, 5.41) is 22.3. The van der Waals surface area contributed by atoms with Crippen molar-refractivity contribution < 1.29 is 41.7 Å². The maximum absolute atomic E-state index is 11.8. The molecule has 5 heterocycles. The van der Waals surface area contributed by atoms with Crippen LogP contribution in [0.15, 0.2) is 579 Å². The fraction of sp³-hybridized carbons (Fsp3) is 0.0365. The van der Waals surface area contributed by atoms with Crippen LogP contribution in [0.25, 0.3) is 173 Å². The molecule has 23 aromatic rings. The van der Waals surface area contributed by atoms with Gasteiger partial charge in [-0.2, -0.15) is 0 Å². The van der Waals surface area contributed by atoms with Crippen LogP contribution in [0, 0.1) is 0 Å². The van der Waals surface area contributed by atoms with Gasteiger partial charge in [-0.05, 0) is 211 Å².